The molecule has 3 aromatic rings. The molecule has 1 amide bonds. The van der Waals surface area contributed by atoms with E-state index in [1.54, 1.807) is 54.6 Å². The van der Waals surface area contributed by atoms with Crippen molar-refractivity contribution in [2.24, 2.45) is 0 Å². The summed E-state index contributed by atoms with van der Waals surface area (Å²) in [5.41, 5.74) is 1.20. The molecule has 31 heavy (non-hydrogen) atoms. The van der Waals surface area contributed by atoms with Gasteiger partial charge in [-0.25, -0.2) is 0 Å². The van der Waals surface area contributed by atoms with Crippen molar-refractivity contribution in [1.82, 2.24) is 5.32 Å². The van der Waals surface area contributed by atoms with Crippen LogP contribution < -0.4 is 20.1 Å². The second-order valence-corrected chi connectivity index (χ2v) is 7.56. The van der Waals surface area contributed by atoms with Crippen molar-refractivity contribution in [2.45, 2.75) is 19.8 Å². The number of hydrogen-bond donors (Lipinski definition) is 2. The van der Waals surface area contributed by atoms with E-state index in [1.807, 2.05) is 18.2 Å². The highest BCUT2D eigenvalue weighted by molar-refractivity contribution is 7.80. The molecular formula is C24H23ClN2O3S. The molecule has 2 N–H and O–H groups in total. The minimum Gasteiger partial charge on any atom is -0.494 e. The lowest BCUT2D eigenvalue weighted by Crippen LogP contribution is -2.34. The predicted molar refractivity (Wildman–Crippen MR) is 128 cm³/mol. The lowest BCUT2D eigenvalue weighted by atomic mass is 10.2. The van der Waals surface area contributed by atoms with Crippen molar-refractivity contribution < 1.29 is 14.3 Å². The molecule has 0 aromatic heterocycles. The van der Waals surface area contributed by atoms with E-state index in [0.29, 0.717) is 34.4 Å². The van der Waals surface area contributed by atoms with E-state index < -0.39 is 0 Å². The van der Waals surface area contributed by atoms with E-state index in [4.69, 9.17) is 33.3 Å². The van der Waals surface area contributed by atoms with Crippen LogP contribution in [0, 0.1) is 0 Å². The van der Waals surface area contributed by atoms with Crippen LogP contribution in [0.4, 0.5) is 5.69 Å². The van der Waals surface area contributed by atoms with E-state index in [9.17, 15) is 4.79 Å². The topological polar surface area (TPSA) is 59.6 Å². The summed E-state index contributed by atoms with van der Waals surface area (Å²) in [6, 6.07) is 21.4. The first-order chi connectivity index (χ1) is 15.0. The number of amides is 1. The van der Waals surface area contributed by atoms with Crippen molar-refractivity contribution in [1.29, 1.82) is 0 Å². The van der Waals surface area contributed by atoms with Crippen LogP contribution in [0.3, 0.4) is 0 Å². The number of thiocarbonyl (C=S) groups is 1. The van der Waals surface area contributed by atoms with Gasteiger partial charge in [0.15, 0.2) is 5.11 Å². The SMILES string of the molecule is CCCCOc1cccc(C(=O)NC(=S)Nc2ccc(Oc3ccc(Cl)cc3)cc2)c1. The lowest BCUT2D eigenvalue weighted by molar-refractivity contribution is 0.0977. The first kappa shape index (κ1) is 22.6. The Bertz CT molecular complexity index is 1020. The molecule has 0 saturated carbocycles. The Morgan fingerprint density at radius 2 is 1.65 bits per heavy atom. The normalized spacial score (nSPS) is 10.3. The number of nitrogens with one attached hydrogen (secondary N) is 2. The van der Waals surface area contributed by atoms with Gasteiger partial charge in [-0.2, -0.15) is 0 Å². The molecule has 0 radical (unpaired) electrons. The van der Waals surface area contributed by atoms with Crippen molar-refractivity contribution in [3.63, 3.8) is 0 Å². The zero-order valence-corrected chi connectivity index (χ0v) is 18.6. The molecule has 0 atom stereocenters. The number of carbonyl (C=O) groups excluding carboxylic acids is 1. The van der Waals surface area contributed by atoms with Crippen LogP contribution in [0.5, 0.6) is 17.2 Å². The molecular weight excluding hydrogens is 432 g/mol. The van der Waals surface area contributed by atoms with Crippen molar-refractivity contribution >= 4 is 40.5 Å². The van der Waals surface area contributed by atoms with Crippen LogP contribution in [0.15, 0.2) is 72.8 Å². The molecule has 3 aromatic carbocycles. The number of ether oxygens (including phenoxy) is 2. The highest BCUT2D eigenvalue weighted by Gasteiger charge is 2.09. The van der Waals surface area contributed by atoms with E-state index >= 15 is 0 Å². The maximum Gasteiger partial charge on any atom is 0.257 e. The van der Waals surface area contributed by atoms with Crippen LogP contribution in [0.1, 0.15) is 30.1 Å². The van der Waals surface area contributed by atoms with Crippen molar-refractivity contribution in [3.05, 3.63) is 83.4 Å². The molecule has 7 heteroatoms. The molecule has 3 rings (SSSR count). The van der Waals surface area contributed by atoms with Crippen LogP contribution >= 0.6 is 23.8 Å². The van der Waals surface area contributed by atoms with Gasteiger partial charge >= 0.3 is 0 Å². The minimum atomic E-state index is -0.305. The fraction of sp³-hybridized carbons (Fsp3) is 0.167. The molecule has 0 fully saturated rings. The van der Waals surface area contributed by atoms with Crippen molar-refractivity contribution in [3.8, 4) is 17.2 Å². The summed E-state index contributed by atoms with van der Waals surface area (Å²) in [4.78, 5) is 12.5. The van der Waals surface area contributed by atoms with Crippen molar-refractivity contribution in [2.75, 3.05) is 11.9 Å². The fourth-order valence-electron chi connectivity index (χ4n) is 2.64. The van der Waals surface area contributed by atoms with Gasteiger partial charge in [-0.05, 0) is 85.4 Å². The Labute approximate surface area is 192 Å². The summed E-state index contributed by atoms with van der Waals surface area (Å²) in [6.07, 6.45) is 2.02. The Morgan fingerprint density at radius 1 is 0.968 bits per heavy atom. The quantitative estimate of drug-likeness (QED) is 0.303. The van der Waals surface area contributed by atoms with Crippen LogP contribution in [0.2, 0.25) is 5.02 Å². The summed E-state index contributed by atoms with van der Waals surface area (Å²) in [5, 5.41) is 6.53. The third-order valence-corrected chi connectivity index (χ3v) is 4.71. The Balaban J connectivity index is 1.52. The zero-order chi connectivity index (χ0) is 22.1. The van der Waals surface area contributed by atoms with Gasteiger partial charge in [0.05, 0.1) is 6.61 Å². The monoisotopic (exact) mass is 454 g/mol. The largest absolute Gasteiger partial charge is 0.494 e. The number of benzene rings is 3. The molecule has 5 nitrogen and oxygen atoms in total. The number of hydrogen-bond acceptors (Lipinski definition) is 4. The van der Waals surface area contributed by atoms with E-state index in [2.05, 4.69) is 17.6 Å². The van der Waals surface area contributed by atoms with Crippen LogP contribution in [-0.2, 0) is 0 Å². The zero-order valence-electron chi connectivity index (χ0n) is 17.1. The first-order valence-corrected chi connectivity index (χ1v) is 10.7. The van der Waals surface area contributed by atoms with Gasteiger partial charge < -0.3 is 14.8 Å². The molecule has 0 heterocycles. The minimum absolute atomic E-state index is 0.202. The highest BCUT2D eigenvalue weighted by atomic mass is 35.5. The summed E-state index contributed by atoms with van der Waals surface area (Å²) < 4.78 is 11.4. The van der Waals surface area contributed by atoms with Gasteiger partial charge in [0, 0.05) is 16.3 Å². The number of unbranched alkanes of at least 4 members (excludes halogenated alkanes) is 1. The Hall–Kier alpha value is -3.09. The lowest BCUT2D eigenvalue weighted by Gasteiger charge is -2.11. The molecule has 0 aliphatic heterocycles. The number of anilines is 1. The smallest absolute Gasteiger partial charge is 0.257 e. The highest BCUT2D eigenvalue weighted by Crippen LogP contribution is 2.24. The standard InChI is InChI=1S/C24H23ClN2O3S/c1-2-3-15-29-22-6-4-5-17(16-22)23(28)27-24(31)26-19-9-13-21(14-10-19)30-20-11-7-18(25)8-12-20/h4-14,16H,2-3,15H2,1H3,(H2,26,27,28,31). The second-order valence-electron chi connectivity index (χ2n) is 6.72. The third kappa shape index (κ3) is 7.27. The first-order valence-electron chi connectivity index (χ1n) is 9.92. The average Bonchev–Trinajstić information content (AvgIpc) is 2.77. The predicted octanol–water partition coefficient (Wildman–Crippen LogP) is 6.44. The van der Waals surface area contributed by atoms with E-state index in [1.165, 1.54) is 0 Å². The molecule has 0 bridgehead atoms. The van der Waals surface area contributed by atoms with Crippen LogP contribution in [-0.4, -0.2) is 17.6 Å². The Kier molecular flexibility index (Phi) is 8.27. The fourth-order valence-corrected chi connectivity index (χ4v) is 2.98. The molecule has 0 aliphatic carbocycles. The molecule has 0 saturated heterocycles. The maximum atomic E-state index is 12.5. The second kappa shape index (κ2) is 11.3. The third-order valence-electron chi connectivity index (χ3n) is 4.25. The summed E-state index contributed by atoms with van der Waals surface area (Å²) in [7, 11) is 0. The van der Waals surface area contributed by atoms with E-state index in [0.717, 1.165) is 18.5 Å². The summed E-state index contributed by atoms with van der Waals surface area (Å²) in [5.74, 6) is 1.72. The van der Waals surface area contributed by atoms with Crippen LogP contribution in [0.25, 0.3) is 0 Å². The Morgan fingerprint density at radius 3 is 2.32 bits per heavy atom. The summed E-state index contributed by atoms with van der Waals surface area (Å²) >= 11 is 11.1. The molecule has 160 valence electrons. The number of carbonyl (C=O) groups is 1. The van der Waals surface area contributed by atoms with Gasteiger partial charge in [-0.1, -0.05) is 31.0 Å². The summed E-state index contributed by atoms with van der Waals surface area (Å²) in [6.45, 7) is 2.72. The van der Waals surface area contributed by atoms with Gasteiger partial charge in [0.25, 0.3) is 5.91 Å². The molecule has 0 unspecified atom stereocenters. The van der Waals surface area contributed by atoms with Gasteiger partial charge in [-0.3, -0.25) is 10.1 Å². The maximum absolute atomic E-state index is 12.5. The van der Waals surface area contributed by atoms with Gasteiger partial charge in [0.2, 0.25) is 0 Å². The van der Waals surface area contributed by atoms with E-state index in [-0.39, 0.29) is 11.0 Å². The number of halogens is 1. The van der Waals surface area contributed by atoms with Gasteiger partial charge in [0.1, 0.15) is 17.2 Å². The number of rotatable bonds is 8. The molecule has 0 spiro atoms. The molecule has 0 aliphatic rings. The average molecular weight is 455 g/mol. The van der Waals surface area contributed by atoms with Gasteiger partial charge in [-0.15, -0.1) is 0 Å².